The number of aryl methyl sites for hydroxylation is 1. The van der Waals surface area contributed by atoms with Crippen molar-refractivity contribution in [1.82, 2.24) is 15.2 Å². The van der Waals surface area contributed by atoms with Gasteiger partial charge in [-0.1, -0.05) is 0 Å². The fourth-order valence-corrected chi connectivity index (χ4v) is 1.21. The van der Waals surface area contributed by atoms with Crippen LogP contribution >= 0.6 is 0 Å². The van der Waals surface area contributed by atoms with E-state index in [1.807, 2.05) is 0 Å². The van der Waals surface area contributed by atoms with Crippen LogP contribution in [0.1, 0.15) is 11.3 Å². The number of hydrogen-bond acceptors (Lipinski definition) is 5. The third-order valence-corrected chi connectivity index (χ3v) is 2.20. The van der Waals surface area contributed by atoms with Crippen molar-refractivity contribution in [3.05, 3.63) is 51.4 Å². The molecule has 0 aliphatic rings. The summed E-state index contributed by atoms with van der Waals surface area (Å²) in [6.07, 6.45) is 1.13. The summed E-state index contributed by atoms with van der Waals surface area (Å²) in [5.74, 6) is -1.39. The number of hydrogen-bond donors (Lipinski definition) is 2. The lowest BCUT2D eigenvalue weighted by molar-refractivity contribution is 0.582. The third kappa shape index (κ3) is 3.18. The molecule has 0 bridgehead atoms. The van der Waals surface area contributed by atoms with Crippen molar-refractivity contribution < 1.29 is 8.78 Å². The topological polar surface area (TPSA) is 83.0 Å². The maximum atomic E-state index is 13.2. The molecule has 0 fully saturated rings. The van der Waals surface area contributed by atoms with Gasteiger partial charge in [0.1, 0.15) is 17.3 Å². The van der Waals surface area contributed by atoms with Crippen LogP contribution in [-0.4, -0.2) is 21.4 Å². The molecular formula is C11H9F2N5O. The van der Waals surface area contributed by atoms with E-state index in [-0.39, 0.29) is 17.2 Å². The SMILES string of the molecule is Cc1nnc(NN=Cc2ccc(F)cc2F)[nH]c1=O. The van der Waals surface area contributed by atoms with Gasteiger partial charge in [0, 0.05) is 11.6 Å². The standard InChI is InChI=1S/C11H9F2N5O/c1-6-10(19)15-11(18-16-6)17-14-5-7-2-3-8(12)4-9(7)13/h2-5H,1H3,(H2,15,17,18,19). The number of anilines is 1. The second-order valence-electron chi connectivity index (χ2n) is 3.62. The summed E-state index contributed by atoms with van der Waals surface area (Å²) in [6, 6.07) is 3.09. The third-order valence-electron chi connectivity index (χ3n) is 2.20. The highest BCUT2D eigenvalue weighted by Crippen LogP contribution is 2.07. The lowest BCUT2D eigenvalue weighted by Gasteiger charge is -1.99. The second kappa shape index (κ2) is 5.34. The molecule has 98 valence electrons. The minimum absolute atomic E-state index is 0.0226. The molecule has 0 atom stereocenters. The zero-order valence-electron chi connectivity index (χ0n) is 9.82. The van der Waals surface area contributed by atoms with Crippen molar-refractivity contribution in [2.45, 2.75) is 6.92 Å². The van der Waals surface area contributed by atoms with Crippen molar-refractivity contribution in [2.24, 2.45) is 5.10 Å². The molecule has 0 spiro atoms. The highest BCUT2D eigenvalue weighted by molar-refractivity contribution is 5.80. The maximum absolute atomic E-state index is 13.2. The fraction of sp³-hybridized carbons (Fsp3) is 0.0909. The van der Waals surface area contributed by atoms with Gasteiger partial charge in [-0.3, -0.25) is 9.78 Å². The molecule has 0 saturated heterocycles. The molecule has 8 heteroatoms. The van der Waals surface area contributed by atoms with Gasteiger partial charge >= 0.3 is 0 Å². The van der Waals surface area contributed by atoms with Gasteiger partial charge in [0.25, 0.3) is 5.56 Å². The molecule has 2 rings (SSSR count). The maximum Gasteiger partial charge on any atom is 0.274 e. The molecule has 0 aliphatic carbocycles. The summed E-state index contributed by atoms with van der Waals surface area (Å²) >= 11 is 0. The Kier molecular flexibility index (Phi) is 3.60. The molecule has 2 aromatic rings. The molecule has 0 unspecified atom stereocenters. The first-order valence-electron chi connectivity index (χ1n) is 5.24. The van der Waals surface area contributed by atoms with Crippen LogP contribution in [0.25, 0.3) is 0 Å². The van der Waals surface area contributed by atoms with Gasteiger partial charge in [-0.25, -0.2) is 14.2 Å². The molecule has 1 aromatic carbocycles. The number of rotatable bonds is 3. The highest BCUT2D eigenvalue weighted by atomic mass is 19.1. The van der Waals surface area contributed by atoms with E-state index in [0.717, 1.165) is 18.3 Å². The van der Waals surface area contributed by atoms with Crippen LogP contribution in [0.2, 0.25) is 0 Å². The van der Waals surface area contributed by atoms with E-state index in [1.54, 1.807) is 0 Å². The quantitative estimate of drug-likeness (QED) is 0.645. The molecule has 2 N–H and O–H groups in total. The van der Waals surface area contributed by atoms with Crippen LogP contribution in [0, 0.1) is 18.6 Å². The summed E-state index contributed by atoms with van der Waals surface area (Å²) in [4.78, 5) is 13.6. The second-order valence-corrected chi connectivity index (χ2v) is 3.62. The Bertz CT molecular complexity index is 683. The van der Waals surface area contributed by atoms with E-state index < -0.39 is 17.2 Å². The van der Waals surface area contributed by atoms with E-state index in [0.29, 0.717) is 0 Å². The van der Waals surface area contributed by atoms with E-state index >= 15 is 0 Å². The number of benzene rings is 1. The monoisotopic (exact) mass is 265 g/mol. The molecular weight excluding hydrogens is 256 g/mol. The number of aromatic amines is 1. The predicted octanol–water partition coefficient (Wildman–Crippen LogP) is 1.20. The lowest BCUT2D eigenvalue weighted by atomic mass is 10.2. The molecule has 0 amide bonds. The average Bonchev–Trinajstić information content (AvgIpc) is 2.36. The van der Waals surface area contributed by atoms with E-state index in [2.05, 4.69) is 25.7 Å². The Balaban J connectivity index is 2.11. The van der Waals surface area contributed by atoms with Crippen molar-refractivity contribution in [2.75, 3.05) is 5.43 Å². The first kappa shape index (κ1) is 12.8. The van der Waals surface area contributed by atoms with Crippen LogP contribution in [-0.2, 0) is 0 Å². The normalized spacial score (nSPS) is 10.9. The number of aromatic nitrogens is 3. The van der Waals surface area contributed by atoms with Gasteiger partial charge in [-0.05, 0) is 19.1 Å². The minimum Gasteiger partial charge on any atom is -0.288 e. The van der Waals surface area contributed by atoms with Gasteiger partial charge in [0.15, 0.2) is 0 Å². The molecule has 6 nitrogen and oxygen atoms in total. The van der Waals surface area contributed by atoms with Gasteiger partial charge < -0.3 is 0 Å². The zero-order valence-corrected chi connectivity index (χ0v) is 9.82. The fourth-order valence-electron chi connectivity index (χ4n) is 1.21. The molecule has 19 heavy (non-hydrogen) atoms. The average molecular weight is 265 g/mol. The molecule has 1 heterocycles. The van der Waals surface area contributed by atoms with Gasteiger partial charge in [-0.2, -0.15) is 5.10 Å². The van der Waals surface area contributed by atoms with Crippen molar-refractivity contribution >= 4 is 12.2 Å². The van der Waals surface area contributed by atoms with Gasteiger partial charge in [0.2, 0.25) is 5.95 Å². The summed E-state index contributed by atoms with van der Waals surface area (Å²) < 4.78 is 25.9. The van der Waals surface area contributed by atoms with E-state index in [1.165, 1.54) is 13.0 Å². The first-order chi connectivity index (χ1) is 9.06. The first-order valence-corrected chi connectivity index (χ1v) is 5.24. The van der Waals surface area contributed by atoms with Crippen LogP contribution in [0.3, 0.4) is 0 Å². The van der Waals surface area contributed by atoms with Crippen molar-refractivity contribution in [1.29, 1.82) is 0 Å². The van der Waals surface area contributed by atoms with Crippen LogP contribution in [0.15, 0.2) is 28.1 Å². The highest BCUT2D eigenvalue weighted by Gasteiger charge is 2.01. The largest absolute Gasteiger partial charge is 0.288 e. The van der Waals surface area contributed by atoms with Crippen LogP contribution in [0.4, 0.5) is 14.7 Å². The number of nitrogens with zero attached hydrogens (tertiary/aromatic N) is 3. The number of nitrogens with one attached hydrogen (secondary N) is 2. The number of hydrazone groups is 1. The molecule has 1 aromatic heterocycles. The summed E-state index contributed by atoms with van der Waals surface area (Å²) in [5, 5.41) is 10.9. The zero-order chi connectivity index (χ0) is 13.8. The van der Waals surface area contributed by atoms with Gasteiger partial charge in [-0.15, -0.1) is 10.2 Å². The minimum atomic E-state index is -0.742. The summed E-state index contributed by atoms with van der Waals surface area (Å²) in [5.41, 5.74) is 2.30. The van der Waals surface area contributed by atoms with Gasteiger partial charge in [0.05, 0.1) is 6.21 Å². The Hall–Kier alpha value is -2.64. The smallest absolute Gasteiger partial charge is 0.274 e. The van der Waals surface area contributed by atoms with E-state index in [4.69, 9.17) is 0 Å². The molecule has 0 aliphatic heterocycles. The summed E-state index contributed by atoms with van der Waals surface area (Å²) in [6.45, 7) is 1.51. The Labute approximate surface area is 106 Å². The van der Waals surface area contributed by atoms with Crippen LogP contribution < -0.4 is 11.0 Å². The van der Waals surface area contributed by atoms with Crippen LogP contribution in [0.5, 0.6) is 0 Å². The lowest BCUT2D eigenvalue weighted by Crippen LogP contribution is -2.15. The Morgan fingerprint density at radius 2 is 2.16 bits per heavy atom. The Morgan fingerprint density at radius 3 is 2.84 bits per heavy atom. The van der Waals surface area contributed by atoms with Crippen molar-refractivity contribution in [3.8, 4) is 0 Å². The Morgan fingerprint density at radius 1 is 1.37 bits per heavy atom. The molecule has 0 radical (unpaired) electrons. The number of H-pyrrole nitrogens is 1. The molecule has 0 saturated carbocycles. The summed E-state index contributed by atoms with van der Waals surface area (Å²) in [7, 11) is 0. The predicted molar refractivity (Wildman–Crippen MR) is 65.0 cm³/mol. The van der Waals surface area contributed by atoms with Crippen molar-refractivity contribution in [3.63, 3.8) is 0 Å². The number of halogens is 2. The van der Waals surface area contributed by atoms with E-state index in [9.17, 15) is 13.6 Å².